The van der Waals surface area contributed by atoms with E-state index in [0.29, 0.717) is 18.8 Å². The Bertz CT molecular complexity index is 588. The second kappa shape index (κ2) is 8.36. The molecule has 4 heteroatoms. The highest BCUT2D eigenvalue weighted by Gasteiger charge is 2.24. The molecule has 0 amide bonds. The first-order valence-electron chi connectivity index (χ1n) is 8.48. The summed E-state index contributed by atoms with van der Waals surface area (Å²) in [5.74, 6) is -1.23. The number of aliphatic carboxylic acids is 1. The van der Waals surface area contributed by atoms with Crippen LogP contribution in [-0.4, -0.2) is 11.1 Å². The predicted molar refractivity (Wildman–Crippen MR) is 91.7 cm³/mol. The summed E-state index contributed by atoms with van der Waals surface area (Å²) in [5.41, 5.74) is 2.01. The number of rotatable bonds is 6. The Morgan fingerprint density at radius 2 is 2.09 bits per heavy atom. The largest absolute Gasteiger partial charge is 0.481 e. The molecule has 1 aliphatic carbocycles. The van der Waals surface area contributed by atoms with Gasteiger partial charge < -0.3 is 5.11 Å². The molecule has 0 aliphatic heterocycles. The van der Waals surface area contributed by atoms with Crippen molar-refractivity contribution in [2.45, 2.75) is 63.7 Å². The quantitative estimate of drug-likeness (QED) is 0.748. The van der Waals surface area contributed by atoms with E-state index in [9.17, 15) is 15.2 Å². The van der Waals surface area contributed by atoms with E-state index in [1.165, 1.54) is 37.7 Å². The van der Waals surface area contributed by atoms with Gasteiger partial charge in [0.25, 0.3) is 0 Å². The molecule has 0 saturated heterocycles. The highest BCUT2D eigenvalue weighted by atomic mass is 35.5. The smallest absolute Gasteiger partial charge is 0.306 e. The van der Waals surface area contributed by atoms with Crippen molar-refractivity contribution in [3.05, 3.63) is 34.3 Å². The number of carboxylic acids is 1. The normalized spacial score (nSPS) is 18.1. The average molecular weight is 334 g/mol. The second-order valence-electron chi connectivity index (χ2n) is 6.48. The zero-order valence-corrected chi connectivity index (χ0v) is 14.4. The van der Waals surface area contributed by atoms with E-state index in [-0.39, 0.29) is 0 Å². The summed E-state index contributed by atoms with van der Waals surface area (Å²) in [6.45, 7) is 1.84. The van der Waals surface area contributed by atoms with Gasteiger partial charge in [0.2, 0.25) is 0 Å². The van der Waals surface area contributed by atoms with Crippen molar-refractivity contribution in [3.8, 4) is 6.07 Å². The van der Waals surface area contributed by atoms with Gasteiger partial charge in [-0.2, -0.15) is 5.26 Å². The van der Waals surface area contributed by atoms with Crippen LogP contribution in [0.3, 0.4) is 0 Å². The number of nitriles is 1. The number of nitrogens with zero attached hydrogens (tertiary/aromatic N) is 1. The summed E-state index contributed by atoms with van der Waals surface area (Å²) in [7, 11) is 0. The molecule has 1 N–H and O–H groups in total. The van der Waals surface area contributed by atoms with E-state index in [4.69, 9.17) is 11.6 Å². The minimum Gasteiger partial charge on any atom is -0.481 e. The third kappa shape index (κ3) is 4.48. The summed E-state index contributed by atoms with van der Waals surface area (Å²) in [6, 6.07) is 8.11. The van der Waals surface area contributed by atoms with Crippen molar-refractivity contribution in [2.75, 3.05) is 0 Å². The molecule has 3 nitrogen and oxygen atoms in total. The van der Waals surface area contributed by atoms with Gasteiger partial charge in [0.15, 0.2) is 0 Å². The molecule has 2 unspecified atom stereocenters. The van der Waals surface area contributed by atoms with Crippen LogP contribution in [0.25, 0.3) is 0 Å². The molecule has 0 aromatic heterocycles. The van der Waals surface area contributed by atoms with Crippen molar-refractivity contribution >= 4 is 17.6 Å². The SMILES string of the molecule is CCC(CC(C#N)c1ccc(C2CCCCC2)c(Cl)c1)C(=O)O. The van der Waals surface area contributed by atoms with Crippen molar-refractivity contribution in [1.82, 2.24) is 0 Å². The summed E-state index contributed by atoms with van der Waals surface area (Å²) >= 11 is 6.47. The predicted octanol–water partition coefficient (Wildman–Crippen LogP) is 5.50. The van der Waals surface area contributed by atoms with Gasteiger partial charge in [0.1, 0.15) is 0 Å². The standard InChI is InChI=1S/C19H24ClNO2/c1-2-13(19(22)23)10-16(12-21)15-8-9-17(18(20)11-15)14-6-4-3-5-7-14/h8-9,11,13-14,16H,2-7,10H2,1H3,(H,22,23). The van der Waals surface area contributed by atoms with Crippen LogP contribution in [0.4, 0.5) is 0 Å². The highest BCUT2D eigenvalue weighted by molar-refractivity contribution is 6.31. The van der Waals surface area contributed by atoms with Crippen LogP contribution >= 0.6 is 11.6 Å². The molecule has 1 aromatic rings. The third-order valence-corrected chi connectivity index (χ3v) is 5.32. The lowest BCUT2D eigenvalue weighted by molar-refractivity contribution is -0.142. The zero-order valence-electron chi connectivity index (χ0n) is 13.6. The van der Waals surface area contributed by atoms with Crippen LogP contribution in [0.5, 0.6) is 0 Å². The molecular weight excluding hydrogens is 310 g/mol. The maximum absolute atomic E-state index is 11.2. The third-order valence-electron chi connectivity index (χ3n) is 4.99. The maximum Gasteiger partial charge on any atom is 0.306 e. The first kappa shape index (κ1) is 17.8. The Balaban J connectivity index is 2.17. The van der Waals surface area contributed by atoms with Crippen molar-refractivity contribution in [3.63, 3.8) is 0 Å². The average Bonchev–Trinajstić information content (AvgIpc) is 2.56. The molecule has 0 radical (unpaired) electrons. The highest BCUT2D eigenvalue weighted by Crippen LogP contribution is 2.38. The summed E-state index contributed by atoms with van der Waals surface area (Å²) in [6.07, 6.45) is 7.02. The molecule has 124 valence electrons. The minimum atomic E-state index is -0.835. The van der Waals surface area contributed by atoms with Gasteiger partial charge in [0.05, 0.1) is 17.9 Å². The van der Waals surface area contributed by atoms with Crippen LogP contribution in [0, 0.1) is 17.2 Å². The molecule has 2 rings (SSSR count). The number of carbonyl (C=O) groups is 1. The molecular formula is C19H24ClNO2. The van der Waals surface area contributed by atoms with E-state index in [1.54, 1.807) is 0 Å². The maximum atomic E-state index is 11.2. The Hall–Kier alpha value is -1.53. The van der Waals surface area contributed by atoms with Gasteiger partial charge in [-0.1, -0.05) is 49.9 Å². The molecule has 1 aromatic carbocycles. The molecule has 0 heterocycles. The van der Waals surface area contributed by atoms with E-state index >= 15 is 0 Å². The van der Waals surface area contributed by atoms with E-state index in [0.717, 1.165) is 10.6 Å². The van der Waals surface area contributed by atoms with E-state index in [1.807, 2.05) is 25.1 Å². The number of carboxylic acid groups (broad SMARTS) is 1. The van der Waals surface area contributed by atoms with Crippen LogP contribution in [-0.2, 0) is 4.79 Å². The lowest BCUT2D eigenvalue weighted by Gasteiger charge is -2.23. The van der Waals surface area contributed by atoms with Crippen molar-refractivity contribution < 1.29 is 9.90 Å². The van der Waals surface area contributed by atoms with Gasteiger partial charge in [-0.05, 0) is 48.8 Å². The second-order valence-corrected chi connectivity index (χ2v) is 6.88. The molecule has 0 spiro atoms. The molecule has 1 fully saturated rings. The van der Waals surface area contributed by atoms with Gasteiger partial charge in [-0.15, -0.1) is 0 Å². The van der Waals surface area contributed by atoms with Crippen LogP contribution in [0.15, 0.2) is 18.2 Å². The Labute approximate surface area is 143 Å². The van der Waals surface area contributed by atoms with E-state index in [2.05, 4.69) is 6.07 Å². The summed E-state index contributed by atoms with van der Waals surface area (Å²) in [5, 5.41) is 19.3. The van der Waals surface area contributed by atoms with Crippen LogP contribution in [0.2, 0.25) is 5.02 Å². The molecule has 2 atom stereocenters. The number of halogens is 1. The summed E-state index contributed by atoms with van der Waals surface area (Å²) in [4.78, 5) is 11.2. The molecule has 1 saturated carbocycles. The van der Waals surface area contributed by atoms with Gasteiger partial charge in [-0.3, -0.25) is 4.79 Å². The zero-order chi connectivity index (χ0) is 16.8. The first-order valence-corrected chi connectivity index (χ1v) is 8.86. The topological polar surface area (TPSA) is 61.1 Å². The van der Waals surface area contributed by atoms with Crippen LogP contribution < -0.4 is 0 Å². The number of hydrogen-bond donors (Lipinski definition) is 1. The Kier molecular flexibility index (Phi) is 6.47. The number of hydrogen-bond acceptors (Lipinski definition) is 2. The van der Waals surface area contributed by atoms with Crippen molar-refractivity contribution in [1.29, 1.82) is 5.26 Å². The van der Waals surface area contributed by atoms with Gasteiger partial charge in [0, 0.05) is 5.02 Å². The summed E-state index contributed by atoms with van der Waals surface area (Å²) < 4.78 is 0. The lowest BCUT2D eigenvalue weighted by Crippen LogP contribution is -2.16. The fraction of sp³-hybridized carbons (Fsp3) is 0.579. The van der Waals surface area contributed by atoms with E-state index < -0.39 is 17.8 Å². The van der Waals surface area contributed by atoms with Gasteiger partial charge >= 0.3 is 5.97 Å². The molecule has 0 bridgehead atoms. The molecule has 23 heavy (non-hydrogen) atoms. The lowest BCUT2D eigenvalue weighted by atomic mass is 9.82. The van der Waals surface area contributed by atoms with Crippen LogP contribution in [0.1, 0.15) is 74.8 Å². The Morgan fingerprint density at radius 1 is 1.39 bits per heavy atom. The minimum absolute atomic E-state index is 0.335. The monoisotopic (exact) mass is 333 g/mol. The number of benzene rings is 1. The molecule has 1 aliphatic rings. The first-order chi connectivity index (χ1) is 11.1. The van der Waals surface area contributed by atoms with Crippen molar-refractivity contribution in [2.24, 2.45) is 5.92 Å². The fourth-order valence-corrected chi connectivity index (χ4v) is 3.84. The van der Waals surface area contributed by atoms with Gasteiger partial charge in [-0.25, -0.2) is 0 Å². The Morgan fingerprint density at radius 3 is 2.61 bits per heavy atom. The fourth-order valence-electron chi connectivity index (χ4n) is 3.49.